The molecule has 0 aliphatic carbocycles. The van der Waals surface area contributed by atoms with Crippen LogP contribution in [-0.2, 0) is 12.0 Å². The molecule has 0 bridgehead atoms. The molecule has 1 aromatic rings. The zero-order valence-corrected chi connectivity index (χ0v) is 9.81. The second kappa shape index (κ2) is 3.74. The van der Waals surface area contributed by atoms with Crippen molar-refractivity contribution in [1.82, 2.24) is 0 Å². The first-order chi connectivity index (χ1) is 6.36. The zero-order chi connectivity index (χ0) is 10.9. The van der Waals surface area contributed by atoms with Gasteiger partial charge in [0.05, 0.1) is 6.61 Å². The van der Waals surface area contributed by atoms with Gasteiger partial charge < -0.3 is 5.11 Å². The Balaban J connectivity index is 3.28. The van der Waals surface area contributed by atoms with Gasteiger partial charge in [-0.3, -0.25) is 0 Å². The van der Waals surface area contributed by atoms with Gasteiger partial charge in [0.15, 0.2) is 0 Å². The summed E-state index contributed by atoms with van der Waals surface area (Å²) in [6, 6.07) is 4.36. The number of hydrogen-bond donors (Lipinski definition) is 1. The van der Waals surface area contributed by atoms with E-state index in [0.29, 0.717) is 0 Å². The second-order valence-electron chi connectivity index (χ2n) is 5.00. The van der Waals surface area contributed by atoms with E-state index in [1.807, 2.05) is 0 Å². The van der Waals surface area contributed by atoms with Gasteiger partial charge in [-0.2, -0.15) is 0 Å². The molecule has 1 aromatic carbocycles. The molecule has 0 aromatic heterocycles. The SMILES string of the molecule is Cc1cc(C(C)(C)C)cc(C)c1CO. The highest BCUT2D eigenvalue weighted by molar-refractivity contribution is 5.39. The fraction of sp³-hybridized carbons (Fsp3) is 0.538. The summed E-state index contributed by atoms with van der Waals surface area (Å²) in [4.78, 5) is 0. The van der Waals surface area contributed by atoms with Gasteiger partial charge in [0.25, 0.3) is 0 Å². The maximum atomic E-state index is 9.19. The fourth-order valence-electron chi connectivity index (χ4n) is 1.68. The van der Waals surface area contributed by atoms with Gasteiger partial charge in [0.2, 0.25) is 0 Å². The average Bonchev–Trinajstić information content (AvgIpc) is 2.01. The average molecular weight is 192 g/mol. The molecule has 0 aliphatic rings. The number of aliphatic hydroxyl groups excluding tert-OH is 1. The number of aliphatic hydroxyl groups is 1. The van der Waals surface area contributed by atoms with Gasteiger partial charge in [-0.1, -0.05) is 32.9 Å². The third kappa shape index (κ3) is 2.16. The van der Waals surface area contributed by atoms with Gasteiger partial charge in [-0.25, -0.2) is 0 Å². The maximum Gasteiger partial charge on any atom is 0.0686 e. The highest BCUT2D eigenvalue weighted by Crippen LogP contribution is 2.26. The van der Waals surface area contributed by atoms with Crippen LogP contribution >= 0.6 is 0 Å². The van der Waals surface area contributed by atoms with E-state index in [2.05, 4.69) is 46.8 Å². The van der Waals surface area contributed by atoms with Gasteiger partial charge in [-0.05, 0) is 41.5 Å². The summed E-state index contributed by atoms with van der Waals surface area (Å²) < 4.78 is 0. The lowest BCUT2D eigenvalue weighted by molar-refractivity contribution is 0.280. The molecule has 0 heterocycles. The predicted octanol–water partition coefficient (Wildman–Crippen LogP) is 3.09. The van der Waals surface area contributed by atoms with E-state index < -0.39 is 0 Å². The Bertz CT molecular complexity index is 309. The minimum absolute atomic E-state index is 0.141. The quantitative estimate of drug-likeness (QED) is 0.725. The van der Waals surface area contributed by atoms with Crippen molar-refractivity contribution in [1.29, 1.82) is 0 Å². The highest BCUT2D eigenvalue weighted by Gasteiger charge is 2.15. The van der Waals surface area contributed by atoms with Crippen molar-refractivity contribution < 1.29 is 5.11 Å². The van der Waals surface area contributed by atoms with Crippen LogP contribution in [0.5, 0.6) is 0 Å². The lowest BCUT2D eigenvalue weighted by atomic mass is 9.84. The molecule has 0 atom stereocenters. The lowest BCUT2D eigenvalue weighted by Gasteiger charge is -2.21. The van der Waals surface area contributed by atoms with Crippen molar-refractivity contribution in [2.24, 2.45) is 0 Å². The topological polar surface area (TPSA) is 20.2 Å². The van der Waals surface area contributed by atoms with Crippen LogP contribution in [0.4, 0.5) is 0 Å². The summed E-state index contributed by atoms with van der Waals surface area (Å²) in [5, 5.41) is 9.19. The Morgan fingerprint density at radius 3 is 1.79 bits per heavy atom. The van der Waals surface area contributed by atoms with Crippen molar-refractivity contribution >= 4 is 0 Å². The van der Waals surface area contributed by atoms with Crippen LogP contribution in [0.25, 0.3) is 0 Å². The smallest absolute Gasteiger partial charge is 0.0686 e. The molecular formula is C13H20O. The van der Waals surface area contributed by atoms with E-state index in [-0.39, 0.29) is 12.0 Å². The third-order valence-electron chi connectivity index (χ3n) is 2.72. The van der Waals surface area contributed by atoms with E-state index in [0.717, 1.165) is 5.56 Å². The van der Waals surface area contributed by atoms with E-state index in [1.54, 1.807) is 0 Å². The molecule has 0 unspecified atom stereocenters. The summed E-state index contributed by atoms with van der Waals surface area (Å²) in [5.74, 6) is 0. The van der Waals surface area contributed by atoms with Crippen LogP contribution in [0, 0.1) is 13.8 Å². The van der Waals surface area contributed by atoms with Crippen LogP contribution in [0.3, 0.4) is 0 Å². The normalized spacial score (nSPS) is 11.9. The van der Waals surface area contributed by atoms with Gasteiger partial charge in [0, 0.05) is 0 Å². The van der Waals surface area contributed by atoms with E-state index in [4.69, 9.17) is 0 Å². The predicted molar refractivity (Wildman–Crippen MR) is 60.5 cm³/mol. The molecule has 0 spiro atoms. The van der Waals surface area contributed by atoms with Crippen molar-refractivity contribution in [2.75, 3.05) is 0 Å². The van der Waals surface area contributed by atoms with Crippen LogP contribution in [0.1, 0.15) is 43.0 Å². The monoisotopic (exact) mass is 192 g/mol. The summed E-state index contributed by atoms with van der Waals surface area (Å²) in [7, 11) is 0. The molecule has 0 saturated heterocycles. The second-order valence-corrected chi connectivity index (χ2v) is 5.00. The first-order valence-electron chi connectivity index (χ1n) is 5.07. The molecule has 0 amide bonds. The fourth-order valence-corrected chi connectivity index (χ4v) is 1.68. The summed E-state index contributed by atoms with van der Waals surface area (Å²) in [5.41, 5.74) is 4.97. The maximum absolute atomic E-state index is 9.19. The number of aryl methyl sites for hydroxylation is 2. The van der Waals surface area contributed by atoms with E-state index in [1.165, 1.54) is 16.7 Å². The third-order valence-corrected chi connectivity index (χ3v) is 2.72. The summed E-state index contributed by atoms with van der Waals surface area (Å²) >= 11 is 0. The molecule has 1 nitrogen and oxygen atoms in total. The van der Waals surface area contributed by atoms with Crippen LogP contribution < -0.4 is 0 Å². The van der Waals surface area contributed by atoms with Gasteiger partial charge in [0.1, 0.15) is 0 Å². The standard InChI is InChI=1S/C13H20O/c1-9-6-11(13(3,4)5)7-10(2)12(9)8-14/h6-7,14H,8H2,1-5H3. The minimum Gasteiger partial charge on any atom is -0.392 e. The molecule has 0 radical (unpaired) electrons. The highest BCUT2D eigenvalue weighted by atomic mass is 16.3. The van der Waals surface area contributed by atoms with Gasteiger partial charge in [-0.15, -0.1) is 0 Å². The Morgan fingerprint density at radius 1 is 1.07 bits per heavy atom. The molecule has 1 rings (SSSR count). The first-order valence-corrected chi connectivity index (χ1v) is 5.07. The number of hydrogen-bond acceptors (Lipinski definition) is 1. The van der Waals surface area contributed by atoms with E-state index in [9.17, 15) is 5.11 Å². The van der Waals surface area contributed by atoms with Crippen molar-refractivity contribution in [3.8, 4) is 0 Å². The molecule has 78 valence electrons. The molecule has 0 aliphatic heterocycles. The molecule has 0 fully saturated rings. The Hall–Kier alpha value is -0.820. The van der Waals surface area contributed by atoms with Crippen LogP contribution in [0.15, 0.2) is 12.1 Å². The largest absolute Gasteiger partial charge is 0.392 e. The zero-order valence-electron chi connectivity index (χ0n) is 9.81. The summed E-state index contributed by atoms with van der Waals surface area (Å²) in [6.07, 6.45) is 0. The molecule has 1 heteroatoms. The van der Waals surface area contributed by atoms with Gasteiger partial charge >= 0.3 is 0 Å². The van der Waals surface area contributed by atoms with E-state index >= 15 is 0 Å². The Morgan fingerprint density at radius 2 is 1.50 bits per heavy atom. The summed E-state index contributed by atoms with van der Waals surface area (Å²) in [6.45, 7) is 10.9. The number of rotatable bonds is 1. The molecule has 0 saturated carbocycles. The first kappa shape index (κ1) is 11.3. The lowest BCUT2D eigenvalue weighted by Crippen LogP contribution is -2.12. The van der Waals surface area contributed by atoms with Crippen LogP contribution in [-0.4, -0.2) is 5.11 Å². The minimum atomic E-state index is 0.141. The van der Waals surface area contributed by atoms with Crippen LogP contribution in [0.2, 0.25) is 0 Å². The van der Waals surface area contributed by atoms with Crippen molar-refractivity contribution in [3.63, 3.8) is 0 Å². The number of benzene rings is 1. The molecular weight excluding hydrogens is 172 g/mol. The molecule has 14 heavy (non-hydrogen) atoms. The molecule has 1 N–H and O–H groups in total. The van der Waals surface area contributed by atoms with Crippen molar-refractivity contribution in [3.05, 3.63) is 34.4 Å². The Labute approximate surface area is 86.8 Å². The Kier molecular flexibility index (Phi) is 3.01. The van der Waals surface area contributed by atoms with Crippen molar-refractivity contribution in [2.45, 2.75) is 46.6 Å².